The lowest BCUT2D eigenvalue weighted by Gasteiger charge is -2.24. The van der Waals surface area contributed by atoms with Crippen molar-refractivity contribution in [3.8, 4) is 0 Å². The van der Waals surface area contributed by atoms with Crippen LogP contribution in [0.25, 0.3) is 21.7 Å². The third-order valence-electron chi connectivity index (χ3n) is 6.13. The Morgan fingerprint density at radius 3 is 2.38 bits per heavy atom. The molecule has 0 unspecified atom stereocenters. The molecule has 5 rings (SSSR count). The van der Waals surface area contributed by atoms with E-state index in [1.54, 1.807) is 0 Å². The van der Waals surface area contributed by atoms with Gasteiger partial charge in [0.2, 0.25) is 0 Å². The third-order valence-corrected chi connectivity index (χ3v) is 6.13. The highest BCUT2D eigenvalue weighted by Crippen LogP contribution is 2.23. The van der Waals surface area contributed by atoms with E-state index in [1.165, 1.54) is 16.5 Å². The number of carbonyl (C=O) groups is 1. The number of H-pyrrole nitrogens is 1. The molecule has 0 radical (unpaired) electrons. The highest BCUT2D eigenvalue weighted by Gasteiger charge is 2.19. The SMILES string of the molecule is Cc1ccc(CN(CCc2c[nH]c3ccccc23)C(=O)c2cccc3ccccc23)cc1. The number of nitrogens with zero attached hydrogens (tertiary/aromatic N) is 1. The van der Waals surface area contributed by atoms with E-state index in [1.807, 2.05) is 41.3 Å². The summed E-state index contributed by atoms with van der Waals surface area (Å²) in [7, 11) is 0. The van der Waals surface area contributed by atoms with Gasteiger partial charge in [-0.3, -0.25) is 4.79 Å². The molecular formula is C29H26N2O. The first-order chi connectivity index (χ1) is 15.7. The minimum absolute atomic E-state index is 0.0715. The van der Waals surface area contributed by atoms with Gasteiger partial charge in [-0.15, -0.1) is 0 Å². The number of carbonyl (C=O) groups excluding carboxylic acids is 1. The van der Waals surface area contributed by atoms with Crippen LogP contribution in [0.4, 0.5) is 0 Å². The van der Waals surface area contributed by atoms with Crippen LogP contribution in [0.1, 0.15) is 27.0 Å². The van der Waals surface area contributed by atoms with Crippen molar-refractivity contribution < 1.29 is 4.79 Å². The van der Waals surface area contributed by atoms with Crippen molar-refractivity contribution in [2.24, 2.45) is 0 Å². The monoisotopic (exact) mass is 418 g/mol. The molecule has 1 N–H and O–H groups in total. The Balaban J connectivity index is 1.47. The summed E-state index contributed by atoms with van der Waals surface area (Å²) >= 11 is 0. The zero-order valence-corrected chi connectivity index (χ0v) is 18.2. The van der Waals surface area contributed by atoms with Crippen LogP contribution in [0.15, 0.2) is 97.2 Å². The highest BCUT2D eigenvalue weighted by atomic mass is 16.2. The summed E-state index contributed by atoms with van der Waals surface area (Å²) in [6.45, 7) is 3.32. The first-order valence-corrected chi connectivity index (χ1v) is 11.1. The molecule has 0 atom stereocenters. The number of hydrogen-bond donors (Lipinski definition) is 1. The molecule has 3 heteroatoms. The largest absolute Gasteiger partial charge is 0.361 e. The van der Waals surface area contributed by atoms with Crippen molar-refractivity contribution in [3.05, 3.63) is 119 Å². The number of nitrogens with one attached hydrogen (secondary N) is 1. The number of para-hydroxylation sites is 1. The van der Waals surface area contributed by atoms with Crippen molar-refractivity contribution in [2.45, 2.75) is 19.9 Å². The quantitative estimate of drug-likeness (QED) is 0.335. The summed E-state index contributed by atoms with van der Waals surface area (Å²) in [5.41, 5.74) is 5.49. The van der Waals surface area contributed by atoms with Gasteiger partial charge in [0.25, 0.3) is 5.91 Å². The number of aryl methyl sites for hydroxylation is 1. The number of rotatable bonds is 6. The van der Waals surface area contributed by atoms with E-state index in [0.29, 0.717) is 13.1 Å². The average molecular weight is 419 g/mol. The van der Waals surface area contributed by atoms with Gasteiger partial charge in [0.1, 0.15) is 0 Å². The molecule has 0 fully saturated rings. The Morgan fingerprint density at radius 2 is 1.53 bits per heavy atom. The van der Waals surface area contributed by atoms with Crippen molar-refractivity contribution in [2.75, 3.05) is 6.54 Å². The molecule has 3 nitrogen and oxygen atoms in total. The number of amides is 1. The maximum atomic E-state index is 13.8. The Morgan fingerprint density at radius 1 is 0.812 bits per heavy atom. The van der Waals surface area contributed by atoms with Gasteiger partial charge in [0.05, 0.1) is 0 Å². The zero-order chi connectivity index (χ0) is 21.9. The van der Waals surface area contributed by atoms with Gasteiger partial charge in [-0.2, -0.15) is 0 Å². The van der Waals surface area contributed by atoms with E-state index >= 15 is 0 Å². The van der Waals surface area contributed by atoms with Crippen molar-refractivity contribution in [3.63, 3.8) is 0 Å². The van der Waals surface area contributed by atoms with E-state index in [4.69, 9.17) is 0 Å². The maximum absolute atomic E-state index is 13.8. The van der Waals surface area contributed by atoms with Gasteiger partial charge in [-0.05, 0) is 47.4 Å². The second-order valence-corrected chi connectivity index (χ2v) is 8.35. The first kappa shape index (κ1) is 20.1. The van der Waals surface area contributed by atoms with E-state index < -0.39 is 0 Å². The number of fused-ring (bicyclic) bond motifs is 2. The fourth-order valence-electron chi connectivity index (χ4n) is 4.34. The predicted octanol–water partition coefficient (Wildman–Crippen LogP) is 6.51. The van der Waals surface area contributed by atoms with Crippen molar-refractivity contribution in [1.29, 1.82) is 0 Å². The van der Waals surface area contributed by atoms with Crippen LogP contribution >= 0.6 is 0 Å². The van der Waals surface area contributed by atoms with Gasteiger partial charge in [-0.25, -0.2) is 0 Å². The topological polar surface area (TPSA) is 36.1 Å². The molecule has 0 saturated heterocycles. The number of aromatic nitrogens is 1. The number of benzene rings is 4. The second kappa shape index (κ2) is 8.72. The molecule has 0 bridgehead atoms. The summed E-state index contributed by atoms with van der Waals surface area (Å²) in [6, 6.07) is 30.8. The number of hydrogen-bond acceptors (Lipinski definition) is 1. The molecule has 4 aromatic carbocycles. The minimum atomic E-state index is 0.0715. The summed E-state index contributed by atoms with van der Waals surface area (Å²) < 4.78 is 0. The summed E-state index contributed by atoms with van der Waals surface area (Å²) in [5.74, 6) is 0.0715. The zero-order valence-electron chi connectivity index (χ0n) is 18.2. The Hall–Kier alpha value is -3.85. The van der Waals surface area contributed by atoms with E-state index in [-0.39, 0.29) is 5.91 Å². The molecule has 0 aliphatic rings. The molecule has 0 aliphatic heterocycles. The summed E-state index contributed by atoms with van der Waals surface area (Å²) in [4.78, 5) is 19.1. The Labute approximate surface area is 188 Å². The standard InChI is InChI=1S/C29H26N2O/c1-21-13-15-22(16-14-21)20-31(18-17-24-19-30-28-12-5-4-10-26(24)28)29(32)27-11-6-8-23-7-2-3-9-25(23)27/h2-16,19,30H,17-18,20H2,1H3. The van der Waals surface area contributed by atoms with Gasteiger partial charge in [0.15, 0.2) is 0 Å². The fraction of sp³-hybridized carbons (Fsp3) is 0.138. The van der Waals surface area contributed by atoms with E-state index in [0.717, 1.165) is 33.8 Å². The molecule has 0 spiro atoms. The van der Waals surface area contributed by atoms with E-state index in [2.05, 4.69) is 72.7 Å². The lowest BCUT2D eigenvalue weighted by atomic mass is 10.0. The van der Waals surface area contributed by atoms with Crippen molar-refractivity contribution in [1.82, 2.24) is 9.88 Å². The van der Waals surface area contributed by atoms with Crippen molar-refractivity contribution >= 4 is 27.6 Å². The molecule has 1 heterocycles. The van der Waals surface area contributed by atoms with Crippen LogP contribution in [0, 0.1) is 6.92 Å². The lowest BCUT2D eigenvalue weighted by molar-refractivity contribution is 0.0747. The maximum Gasteiger partial charge on any atom is 0.254 e. The highest BCUT2D eigenvalue weighted by molar-refractivity contribution is 6.07. The van der Waals surface area contributed by atoms with E-state index in [9.17, 15) is 4.79 Å². The molecule has 0 aliphatic carbocycles. The molecule has 5 aromatic rings. The van der Waals surface area contributed by atoms with Crippen LogP contribution in [0.3, 0.4) is 0 Å². The minimum Gasteiger partial charge on any atom is -0.361 e. The van der Waals surface area contributed by atoms with Gasteiger partial charge in [-0.1, -0.05) is 84.4 Å². The molecule has 1 amide bonds. The predicted molar refractivity (Wildman–Crippen MR) is 132 cm³/mol. The second-order valence-electron chi connectivity index (χ2n) is 8.35. The normalized spacial score (nSPS) is 11.2. The van der Waals surface area contributed by atoms with Crippen LogP contribution in [-0.2, 0) is 13.0 Å². The summed E-state index contributed by atoms with van der Waals surface area (Å²) in [5, 5.41) is 3.31. The van der Waals surface area contributed by atoms with Gasteiger partial charge >= 0.3 is 0 Å². The smallest absolute Gasteiger partial charge is 0.254 e. The molecule has 0 saturated carbocycles. The molecule has 1 aromatic heterocycles. The molecule has 158 valence electrons. The molecular weight excluding hydrogens is 392 g/mol. The molecule has 32 heavy (non-hydrogen) atoms. The summed E-state index contributed by atoms with van der Waals surface area (Å²) in [6.07, 6.45) is 2.86. The number of aromatic amines is 1. The van der Waals surface area contributed by atoms with Crippen LogP contribution in [-0.4, -0.2) is 22.3 Å². The lowest BCUT2D eigenvalue weighted by Crippen LogP contribution is -2.32. The third kappa shape index (κ3) is 4.02. The van der Waals surface area contributed by atoms with Crippen LogP contribution in [0.5, 0.6) is 0 Å². The first-order valence-electron chi connectivity index (χ1n) is 11.1. The Bertz CT molecular complexity index is 1380. The Kier molecular flexibility index (Phi) is 5.47. The fourth-order valence-corrected chi connectivity index (χ4v) is 4.34. The average Bonchev–Trinajstić information content (AvgIpc) is 3.25. The van der Waals surface area contributed by atoms with Gasteiger partial charge < -0.3 is 9.88 Å². The van der Waals surface area contributed by atoms with Crippen LogP contribution in [0.2, 0.25) is 0 Å². The van der Waals surface area contributed by atoms with Crippen LogP contribution < -0.4 is 0 Å². The van der Waals surface area contributed by atoms with Gasteiger partial charge in [0, 0.05) is 35.8 Å².